The lowest BCUT2D eigenvalue weighted by molar-refractivity contribution is -0.116. The van der Waals surface area contributed by atoms with Gasteiger partial charge in [-0.25, -0.2) is 4.99 Å². The Morgan fingerprint density at radius 3 is 2.05 bits per heavy atom. The van der Waals surface area contributed by atoms with Gasteiger partial charge in [0.25, 0.3) is 0 Å². The van der Waals surface area contributed by atoms with Crippen LogP contribution in [0.2, 0.25) is 12.6 Å². The molecule has 0 radical (unpaired) electrons. The molecule has 19 heavy (non-hydrogen) atoms. The van der Waals surface area contributed by atoms with Crippen LogP contribution in [0.1, 0.15) is 49.0 Å². The number of rotatable bonds is 4. The maximum atomic E-state index is 12.0. The van der Waals surface area contributed by atoms with Gasteiger partial charge in [-0.15, -0.1) is 0 Å². The van der Waals surface area contributed by atoms with Crippen LogP contribution in [0.4, 0.5) is 0 Å². The molecule has 0 N–H and O–H groups in total. The molecule has 110 valence electrons. The zero-order valence-electron chi connectivity index (χ0n) is 12.7. The summed E-state index contributed by atoms with van der Waals surface area (Å²) in [6.45, 7) is 14.6. The van der Waals surface area contributed by atoms with E-state index >= 15 is 0 Å². The summed E-state index contributed by atoms with van der Waals surface area (Å²) in [5, 5.41) is 0. The molecule has 0 bridgehead atoms. The minimum atomic E-state index is -0.0561. The van der Waals surface area contributed by atoms with E-state index in [1.807, 2.05) is 13.8 Å². The van der Waals surface area contributed by atoms with Gasteiger partial charge in [-0.05, 0) is 18.7 Å². The van der Waals surface area contributed by atoms with Gasteiger partial charge in [0.15, 0.2) is 0 Å². The molecule has 0 aromatic rings. The second-order valence-corrected chi connectivity index (χ2v) is 6.33. The lowest BCUT2D eigenvalue weighted by Crippen LogP contribution is -2.44. The molecule has 0 saturated heterocycles. The van der Waals surface area contributed by atoms with E-state index in [0.29, 0.717) is 23.6 Å². The van der Waals surface area contributed by atoms with E-state index in [0.717, 1.165) is 0 Å². The number of hydrogen-bond donors (Lipinski definition) is 0. The third-order valence-electron chi connectivity index (χ3n) is 3.69. The molecule has 0 spiro atoms. The standard InChI is InChI=1S/C14H26BNO2.CH4/c1-8(2)11-12(9(3)4)16-14(18-15(11)7)13(17)10(5)6;/h8-12H,1-7H3;1H4. The highest BCUT2D eigenvalue weighted by atomic mass is 16.5. The molecule has 0 aliphatic carbocycles. The molecule has 2 unspecified atom stereocenters. The average molecular weight is 267 g/mol. The Kier molecular flexibility index (Phi) is 6.81. The van der Waals surface area contributed by atoms with Crippen molar-refractivity contribution in [2.24, 2.45) is 22.7 Å². The summed E-state index contributed by atoms with van der Waals surface area (Å²) in [7, 11) is 0. The summed E-state index contributed by atoms with van der Waals surface area (Å²) in [6, 6.07) is 0.187. The van der Waals surface area contributed by atoms with Crippen LogP contribution in [0.25, 0.3) is 0 Å². The van der Waals surface area contributed by atoms with Gasteiger partial charge in [0.2, 0.25) is 11.7 Å². The highest BCUT2D eigenvalue weighted by molar-refractivity contribution is 6.59. The molecule has 2 atom stereocenters. The van der Waals surface area contributed by atoms with Gasteiger partial charge in [-0.1, -0.05) is 49.0 Å². The number of carbonyl (C=O) groups is 1. The van der Waals surface area contributed by atoms with E-state index in [4.69, 9.17) is 4.65 Å². The Hall–Kier alpha value is -0.795. The molecule has 4 heteroatoms. The topological polar surface area (TPSA) is 38.7 Å². The number of hydrogen-bond acceptors (Lipinski definition) is 3. The van der Waals surface area contributed by atoms with Crippen molar-refractivity contribution in [3.8, 4) is 0 Å². The van der Waals surface area contributed by atoms with Crippen molar-refractivity contribution < 1.29 is 9.45 Å². The van der Waals surface area contributed by atoms with Crippen molar-refractivity contribution in [3.63, 3.8) is 0 Å². The van der Waals surface area contributed by atoms with Gasteiger partial charge in [0, 0.05) is 11.7 Å². The molecule has 1 rings (SSSR count). The van der Waals surface area contributed by atoms with Gasteiger partial charge >= 0.3 is 6.92 Å². The molecule has 0 aromatic carbocycles. The van der Waals surface area contributed by atoms with Gasteiger partial charge < -0.3 is 4.65 Å². The molecular formula is C15H30BNO2. The molecular weight excluding hydrogens is 237 g/mol. The van der Waals surface area contributed by atoms with Crippen LogP contribution in [-0.4, -0.2) is 24.6 Å². The van der Waals surface area contributed by atoms with Gasteiger partial charge in [-0.2, -0.15) is 0 Å². The van der Waals surface area contributed by atoms with Crippen LogP contribution in [0.15, 0.2) is 4.99 Å². The van der Waals surface area contributed by atoms with Crippen molar-refractivity contribution in [2.45, 2.75) is 67.7 Å². The predicted octanol–water partition coefficient (Wildman–Crippen LogP) is 3.95. The Labute approximate surface area is 119 Å². The van der Waals surface area contributed by atoms with Crippen LogP contribution in [0.5, 0.6) is 0 Å². The van der Waals surface area contributed by atoms with E-state index in [1.54, 1.807) is 0 Å². The number of aliphatic imine (C=N–C) groups is 1. The zero-order chi connectivity index (χ0) is 14.0. The Morgan fingerprint density at radius 2 is 1.68 bits per heavy atom. The molecule has 0 amide bonds. The number of carbonyl (C=O) groups excluding carboxylic acids is 1. The Bertz CT molecular complexity index is 337. The molecule has 1 aliphatic heterocycles. The SMILES string of the molecule is C.CB1OC(C(=O)C(C)C)=NC(C(C)C)C1C(C)C. The van der Waals surface area contributed by atoms with Crippen LogP contribution < -0.4 is 0 Å². The maximum Gasteiger partial charge on any atom is 0.362 e. The number of nitrogens with zero attached hydrogens (tertiary/aromatic N) is 1. The molecule has 0 saturated carbocycles. The fourth-order valence-corrected chi connectivity index (χ4v) is 2.68. The van der Waals surface area contributed by atoms with E-state index < -0.39 is 0 Å². The highest BCUT2D eigenvalue weighted by Crippen LogP contribution is 2.35. The van der Waals surface area contributed by atoms with Gasteiger partial charge in [-0.3, -0.25) is 4.79 Å². The first kappa shape index (κ1) is 18.2. The summed E-state index contributed by atoms with van der Waals surface area (Å²) in [6.07, 6.45) is 0. The minimum absolute atomic E-state index is 0. The first-order chi connectivity index (χ1) is 8.25. The first-order valence-corrected chi connectivity index (χ1v) is 7.04. The highest BCUT2D eigenvalue weighted by Gasteiger charge is 2.41. The van der Waals surface area contributed by atoms with Crippen LogP contribution in [0, 0.1) is 17.8 Å². The smallest absolute Gasteiger partial charge is 0.362 e. The van der Waals surface area contributed by atoms with Crippen LogP contribution in [-0.2, 0) is 9.45 Å². The van der Waals surface area contributed by atoms with Crippen LogP contribution >= 0.6 is 0 Å². The van der Waals surface area contributed by atoms with Crippen LogP contribution in [0.3, 0.4) is 0 Å². The van der Waals surface area contributed by atoms with E-state index in [1.165, 1.54) is 0 Å². The number of Topliss-reactive ketones (excluding diaryl/α,β-unsaturated/α-hetero) is 1. The monoisotopic (exact) mass is 267 g/mol. The molecule has 1 aliphatic rings. The lowest BCUT2D eigenvalue weighted by atomic mass is 9.49. The van der Waals surface area contributed by atoms with E-state index in [-0.39, 0.29) is 32.1 Å². The van der Waals surface area contributed by atoms with Crippen molar-refractivity contribution in [3.05, 3.63) is 0 Å². The van der Waals surface area contributed by atoms with E-state index in [2.05, 4.69) is 39.5 Å². The minimum Gasteiger partial charge on any atom is -0.546 e. The fourth-order valence-electron chi connectivity index (χ4n) is 2.68. The Morgan fingerprint density at radius 1 is 1.16 bits per heavy atom. The van der Waals surface area contributed by atoms with Gasteiger partial charge in [0.05, 0.1) is 6.04 Å². The third kappa shape index (κ3) is 4.08. The summed E-state index contributed by atoms with van der Waals surface area (Å²) in [4.78, 5) is 16.6. The summed E-state index contributed by atoms with van der Waals surface area (Å²) in [5.74, 6) is 1.63. The van der Waals surface area contributed by atoms with E-state index in [9.17, 15) is 4.79 Å². The second kappa shape index (κ2) is 7.11. The van der Waals surface area contributed by atoms with Crippen molar-refractivity contribution >= 4 is 18.6 Å². The molecule has 1 heterocycles. The summed E-state index contributed by atoms with van der Waals surface area (Å²) < 4.78 is 5.76. The second-order valence-electron chi connectivity index (χ2n) is 6.33. The average Bonchev–Trinajstić information content (AvgIpc) is 2.25. The van der Waals surface area contributed by atoms with Crippen molar-refractivity contribution in [1.29, 1.82) is 0 Å². The Balaban J connectivity index is 0.00000324. The molecule has 0 fully saturated rings. The fraction of sp³-hybridized carbons (Fsp3) is 0.867. The lowest BCUT2D eigenvalue weighted by Gasteiger charge is -2.37. The maximum absolute atomic E-state index is 12.0. The quantitative estimate of drug-likeness (QED) is 0.723. The van der Waals surface area contributed by atoms with Crippen molar-refractivity contribution in [2.75, 3.05) is 0 Å². The largest absolute Gasteiger partial charge is 0.546 e. The summed E-state index contributed by atoms with van der Waals surface area (Å²) in [5.41, 5.74) is 0. The normalized spacial score (nSPS) is 23.3. The van der Waals surface area contributed by atoms with Crippen molar-refractivity contribution in [1.82, 2.24) is 0 Å². The number of ketones is 1. The molecule has 3 nitrogen and oxygen atoms in total. The van der Waals surface area contributed by atoms with Gasteiger partial charge in [0.1, 0.15) is 0 Å². The third-order valence-corrected chi connectivity index (χ3v) is 3.69. The first-order valence-electron chi connectivity index (χ1n) is 7.04. The zero-order valence-corrected chi connectivity index (χ0v) is 12.7. The predicted molar refractivity (Wildman–Crippen MR) is 83.9 cm³/mol. The summed E-state index contributed by atoms with van der Waals surface area (Å²) >= 11 is 0. The molecule has 0 aromatic heterocycles.